The lowest BCUT2D eigenvalue weighted by atomic mass is 10.1. The fourth-order valence-electron chi connectivity index (χ4n) is 2.43. The van der Waals surface area contributed by atoms with Crippen LogP contribution in [0.5, 0.6) is 0 Å². The van der Waals surface area contributed by atoms with Gasteiger partial charge in [0.25, 0.3) is 6.17 Å². The largest absolute Gasteiger partial charge is 0.390 e. The zero-order chi connectivity index (χ0) is 11.5. The van der Waals surface area contributed by atoms with Crippen molar-refractivity contribution >= 4 is 0 Å². The van der Waals surface area contributed by atoms with Crippen LogP contribution in [0.15, 0.2) is 0 Å². The highest BCUT2D eigenvalue weighted by Crippen LogP contribution is 2.25. The third-order valence-electron chi connectivity index (χ3n) is 3.33. The maximum atomic E-state index is 10.6. The number of rotatable bonds is 3. The van der Waals surface area contributed by atoms with Gasteiger partial charge in [0.15, 0.2) is 0 Å². The molecule has 4 atom stereocenters. The van der Waals surface area contributed by atoms with E-state index in [0.29, 0.717) is 6.42 Å². The molecule has 16 heavy (non-hydrogen) atoms. The van der Waals surface area contributed by atoms with E-state index in [1.165, 1.54) is 0 Å². The van der Waals surface area contributed by atoms with E-state index < -0.39 is 12.3 Å². The second kappa shape index (κ2) is 5.07. The molecule has 0 amide bonds. The van der Waals surface area contributed by atoms with Crippen molar-refractivity contribution in [2.75, 3.05) is 0 Å². The second-order valence-electron chi connectivity index (χ2n) is 4.56. The second-order valence-corrected chi connectivity index (χ2v) is 4.56. The lowest BCUT2D eigenvalue weighted by Gasteiger charge is -2.29. The lowest BCUT2D eigenvalue weighted by Crippen LogP contribution is -2.49. The van der Waals surface area contributed by atoms with E-state index in [-0.39, 0.29) is 17.3 Å². The summed E-state index contributed by atoms with van der Waals surface area (Å²) < 4.78 is 5.68. The van der Waals surface area contributed by atoms with Gasteiger partial charge in [-0.2, -0.15) is 0 Å². The summed E-state index contributed by atoms with van der Waals surface area (Å²) in [7, 11) is 0. The summed E-state index contributed by atoms with van der Waals surface area (Å²) >= 11 is 0. The highest BCUT2D eigenvalue weighted by atomic mass is 16.6. The Morgan fingerprint density at radius 3 is 2.62 bits per heavy atom. The van der Waals surface area contributed by atoms with E-state index in [4.69, 9.17) is 4.74 Å². The zero-order valence-corrected chi connectivity index (χ0v) is 9.17. The number of ether oxygens (including phenoxy) is 1. The molecule has 92 valence electrons. The molecule has 6 heteroatoms. The summed E-state index contributed by atoms with van der Waals surface area (Å²) in [4.78, 5) is 10.3. The number of piperidine rings is 1. The predicted octanol–water partition coefficient (Wildman–Crippen LogP) is 0.619. The van der Waals surface area contributed by atoms with Gasteiger partial charge in [0.05, 0.1) is 12.2 Å². The minimum Gasteiger partial charge on any atom is -0.390 e. The molecule has 0 radical (unpaired) electrons. The molecule has 2 N–H and O–H groups in total. The van der Waals surface area contributed by atoms with Crippen LogP contribution in [-0.2, 0) is 4.74 Å². The first-order chi connectivity index (χ1) is 7.66. The van der Waals surface area contributed by atoms with Gasteiger partial charge in [0, 0.05) is 11.3 Å². The summed E-state index contributed by atoms with van der Waals surface area (Å²) in [5, 5.41) is 23.1. The van der Waals surface area contributed by atoms with Crippen molar-refractivity contribution < 1.29 is 14.8 Å². The van der Waals surface area contributed by atoms with E-state index in [1.54, 1.807) is 0 Å². The zero-order valence-electron chi connectivity index (χ0n) is 9.17. The Balaban J connectivity index is 1.83. The van der Waals surface area contributed by atoms with Crippen molar-refractivity contribution in [3.05, 3.63) is 10.1 Å². The van der Waals surface area contributed by atoms with Gasteiger partial charge in [-0.3, -0.25) is 10.1 Å². The number of hydrogen-bond acceptors (Lipinski definition) is 5. The number of nitrogens with one attached hydrogen (secondary N) is 1. The fourth-order valence-corrected chi connectivity index (χ4v) is 2.43. The first-order valence-corrected chi connectivity index (χ1v) is 5.90. The minimum atomic E-state index is -0.697. The Kier molecular flexibility index (Phi) is 3.73. The van der Waals surface area contributed by atoms with Crippen LogP contribution in [0.3, 0.4) is 0 Å². The molecule has 0 bridgehead atoms. The standard InChI is InChI=1S/C10H18N2O4/c13-7-3-1-4-8(7)16-10-6-2-5-9(11-10)12(14)15/h7-11,13H,1-6H2/t7-,8+,9?,10?/m1/s1. The molecule has 0 spiro atoms. The van der Waals surface area contributed by atoms with Crippen molar-refractivity contribution in [3.8, 4) is 0 Å². The monoisotopic (exact) mass is 230 g/mol. The molecule has 0 aromatic rings. The van der Waals surface area contributed by atoms with Crippen LogP contribution in [0, 0.1) is 10.1 Å². The van der Waals surface area contributed by atoms with Crippen molar-refractivity contribution in [2.24, 2.45) is 0 Å². The predicted molar refractivity (Wildman–Crippen MR) is 56.3 cm³/mol. The highest BCUT2D eigenvalue weighted by Gasteiger charge is 2.33. The van der Waals surface area contributed by atoms with Gasteiger partial charge in [-0.05, 0) is 32.1 Å². The van der Waals surface area contributed by atoms with Crippen molar-refractivity contribution in [2.45, 2.75) is 63.1 Å². The van der Waals surface area contributed by atoms with Crippen LogP contribution >= 0.6 is 0 Å². The van der Waals surface area contributed by atoms with Crippen molar-refractivity contribution in [3.63, 3.8) is 0 Å². The molecule has 1 aliphatic carbocycles. The average molecular weight is 230 g/mol. The number of nitrogens with zero attached hydrogens (tertiary/aromatic N) is 1. The van der Waals surface area contributed by atoms with Gasteiger partial charge < -0.3 is 9.84 Å². The highest BCUT2D eigenvalue weighted by molar-refractivity contribution is 4.79. The van der Waals surface area contributed by atoms with Crippen LogP contribution in [-0.4, -0.2) is 34.6 Å². The SMILES string of the molecule is O=[N+]([O-])C1CCCC(O[C@H]2CCC[C@H]2O)N1. The van der Waals surface area contributed by atoms with Crippen LogP contribution < -0.4 is 5.32 Å². The molecule has 0 aromatic heterocycles. The Labute approximate surface area is 94.1 Å². The molecule has 6 nitrogen and oxygen atoms in total. The summed E-state index contributed by atoms with van der Waals surface area (Å²) in [6.07, 6.45) is 3.20. The van der Waals surface area contributed by atoms with Crippen molar-refractivity contribution in [1.82, 2.24) is 5.32 Å². The topological polar surface area (TPSA) is 84.6 Å². The molecule has 2 unspecified atom stereocenters. The Morgan fingerprint density at radius 1 is 1.25 bits per heavy atom. The van der Waals surface area contributed by atoms with E-state index in [9.17, 15) is 15.2 Å². The molecule has 1 saturated carbocycles. The lowest BCUT2D eigenvalue weighted by molar-refractivity contribution is -0.536. The molecule has 2 fully saturated rings. The molecule has 2 aliphatic rings. The molecule has 1 aliphatic heterocycles. The number of nitro groups is 1. The van der Waals surface area contributed by atoms with E-state index >= 15 is 0 Å². The van der Waals surface area contributed by atoms with Gasteiger partial charge >= 0.3 is 0 Å². The van der Waals surface area contributed by atoms with Gasteiger partial charge in [-0.1, -0.05) is 0 Å². The van der Waals surface area contributed by atoms with Crippen LogP contribution in [0.2, 0.25) is 0 Å². The smallest absolute Gasteiger partial charge is 0.267 e. The Morgan fingerprint density at radius 2 is 2.00 bits per heavy atom. The summed E-state index contributed by atoms with van der Waals surface area (Å²) in [6.45, 7) is 0. The summed E-state index contributed by atoms with van der Waals surface area (Å²) in [5.41, 5.74) is 0. The average Bonchev–Trinajstić information content (AvgIpc) is 2.65. The van der Waals surface area contributed by atoms with Gasteiger partial charge in [0.2, 0.25) is 0 Å². The molecule has 2 rings (SSSR count). The Hall–Kier alpha value is -0.720. The van der Waals surface area contributed by atoms with E-state index in [1.807, 2.05) is 0 Å². The number of hydrogen-bond donors (Lipinski definition) is 2. The Bertz CT molecular complexity index is 261. The normalized spacial score (nSPS) is 39.8. The first kappa shape index (κ1) is 11.8. The van der Waals surface area contributed by atoms with Gasteiger partial charge in [-0.25, -0.2) is 5.32 Å². The van der Waals surface area contributed by atoms with Gasteiger partial charge in [-0.15, -0.1) is 0 Å². The first-order valence-electron chi connectivity index (χ1n) is 5.90. The number of aliphatic hydroxyl groups is 1. The van der Waals surface area contributed by atoms with E-state index in [2.05, 4.69) is 5.32 Å². The summed E-state index contributed by atoms with van der Waals surface area (Å²) in [6, 6.07) is 0. The molecular weight excluding hydrogens is 212 g/mol. The van der Waals surface area contributed by atoms with Crippen LogP contribution in [0.4, 0.5) is 0 Å². The fraction of sp³-hybridized carbons (Fsp3) is 1.00. The maximum Gasteiger partial charge on any atom is 0.267 e. The molecule has 0 aromatic carbocycles. The van der Waals surface area contributed by atoms with Crippen LogP contribution in [0.1, 0.15) is 38.5 Å². The third-order valence-corrected chi connectivity index (χ3v) is 3.33. The minimum absolute atomic E-state index is 0.150. The maximum absolute atomic E-state index is 10.6. The third kappa shape index (κ3) is 2.69. The molecule has 1 heterocycles. The molecule has 1 saturated heterocycles. The molecular formula is C10H18N2O4. The quantitative estimate of drug-likeness (QED) is 0.548. The van der Waals surface area contributed by atoms with Crippen LogP contribution in [0.25, 0.3) is 0 Å². The van der Waals surface area contributed by atoms with E-state index in [0.717, 1.165) is 32.1 Å². The summed E-state index contributed by atoms with van der Waals surface area (Å²) in [5.74, 6) is 0. The van der Waals surface area contributed by atoms with Crippen molar-refractivity contribution in [1.29, 1.82) is 0 Å². The number of aliphatic hydroxyl groups excluding tert-OH is 1. The van der Waals surface area contributed by atoms with Gasteiger partial charge in [0.1, 0.15) is 6.23 Å².